The summed E-state index contributed by atoms with van der Waals surface area (Å²) < 4.78 is 5.27. The Labute approximate surface area is 78.5 Å². The van der Waals surface area contributed by atoms with Gasteiger partial charge >= 0.3 is 5.97 Å². The topological polar surface area (TPSA) is 66.8 Å². The Hall–Kier alpha value is -0.610. The lowest BCUT2D eigenvalue weighted by Gasteiger charge is -2.27. The maximum Gasteiger partial charge on any atom is 0.337 e. The summed E-state index contributed by atoms with van der Waals surface area (Å²) in [5.74, 6) is -1.26. The van der Waals surface area contributed by atoms with E-state index in [1.807, 2.05) is 20.8 Å². The first-order valence-corrected chi connectivity index (χ1v) is 4.31. The van der Waals surface area contributed by atoms with Crippen LogP contribution in [0.3, 0.4) is 0 Å². The van der Waals surface area contributed by atoms with E-state index in [0.717, 1.165) is 6.42 Å². The molecule has 4 heteroatoms. The smallest absolute Gasteiger partial charge is 0.337 e. The minimum absolute atomic E-state index is 0.191. The van der Waals surface area contributed by atoms with E-state index in [1.54, 1.807) is 0 Å². The molecule has 0 saturated heterocycles. The fourth-order valence-corrected chi connectivity index (χ4v) is 0.500. The first-order chi connectivity index (χ1) is 5.71. The van der Waals surface area contributed by atoms with Gasteiger partial charge in [-0.15, -0.1) is 0 Å². The fourth-order valence-electron chi connectivity index (χ4n) is 0.500. The van der Waals surface area contributed by atoms with Gasteiger partial charge in [0, 0.05) is 0 Å². The molecule has 0 bridgehead atoms. The van der Waals surface area contributed by atoms with Crippen LogP contribution in [0.15, 0.2) is 0 Å². The van der Waals surface area contributed by atoms with E-state index >= 15 is 0 Å². The van der Waals surface area contributed by atoms with E-state index in [4.69, 9.17) is 9.84 Å². The minimum atomic E-state index is -1.80. The van der Waals surface area contributed by atoms with Crippen molar-refractivity contribution in [2.75, 3.05) is 6.61 Å². The van der Waals surface area contributed by atoms with Crippen molar-refractivity contribution >= 4 is 5.97 Å². The maximum absolute atomic E-state index is 10.5. The second-order valence-electron chi connectivity index (χ2n) is 3.98. The van der Waals surface area contributed by atoms with Gasteiger partial charge in [-0.3, -0.25) is 0 Å². The highest BCUT2D eigenvalue weighted by Gasteiger charge is 2.32. The molecule has 1 unspecified atom stereocenters. The van der Waals surface area contributed by atoms with Crippen LogP contribution >= 0.6 is 0 Å². The first kappa shape index (κ1) is 12.4. The summed E-state index contributed by atoms with van der Waals surface area (Å²) in [5.41, 5.74) is -2.19. The summed E-state index contributed by atoms with van der Waals surface area (Å²) in [4.78, 5) is 10.5. The summed E-state index contributed by atoms with van der Waals surface area (Å²) in [6.07, 6.45) is 0.767. The third-order valence-corrected chi connectivity index (χ3v) is 2.06. The average molecular weight is 190 g/mol. The Morgan fingerprint density at radius 1 is 1.38 bits per heavy atom. The minimum Gasteiger partial charge on any atom is -0.479 e. The number of ether oxygens (including phenoxy) is 1. The van der Waals surface area contributed by atoms with Gasteiger partial charge in [0.2, 0.25) is 0 Å². The number of carboxylic acid groups (broad SMARTS) is 1. The van der Waals surface area contributed by atoms with Crippen LogP contribution in [0.2, 0.25) is 0 Å². The Morgan fingerprint density at radius 2 is 1.85 bits per heavy atom. The van der Waals surface area contributed by atoms with E-state index in [0.29, 0.717) is 0 Å². The third-order valence-electron chi connectivity index (χ3n) is 2.06. The fraction of sp³-hybridized carbons (Fsp3) is 0.889. The van der Waals surface area contributed by atoms with Gasteiger partial charge < -0.3 is 14.9 Å². The highest BCUT2D eigenvalue weighted by atomic mass is 16.5. The van der Waals surface area contributed by atoms with Crippen molar-refractivity contribution < 1.29 is 19.7 Å². The van der Waals surface area contributed by atoms with Crippen LogP contribution in [0.1, 0.15) is 34.1 Å². The first-order valence-electron chi connectivity index (χ1n) is 4.31. The molecule has 13 heavy (non-hydrogen) atoms. The molecule has 0 amide bonds. The molecule has 0 aliphatic heterocycles. The molecular formula is C9H18O4. The molecule has 4 nitrogen and oxygen atoms in total. The van der Waals surface area contributed by atoms with Crippen LogP contribution in [0, 0.1) is 0 Å². The van der Waals surface area contributed by atoms with E-state index in [2.05, 4.69) is 0 Å². The maximum atomic E-state index is 10.5. The van der Waals surface area contributed by atoms with Gasteiger partial charge in [-0.1, -0.05) is 6.92 Å². The Morgan fingerprint density at radius 3 is 2.15 bits per heavy atom. The quantitative estimate of drug-likeness (QED) is 0.679. The summed E-state index contributed by atoms with van der Waals surface area (Å²) >= 11 is 0. The molecule has 0 aromatic carbocycles. The number of aliphatic hydroxyl groups is 1. The predicted octanol–water partition coefficient (Wildman–Crippen LogP) is 1.03. The van der Waals surface area contributed by atoms with Crippen LogP contribution in [0.4, 0.5) is 0 Å². The van der Waals surface area contributed by atoms with Crippen molar-refractivity contribution in [1.29, 1.82) is 0 Å². The molecule has 0 aliphatic carbocycles. The largest absolute Gasteiger partial charge is 0.479 e. The Bertz CT molecular complexity index is 184. The van der Waals surface area contributed by atoms with Gasteiger partial charge in [0.1, 0.15) is 0 Å². The average Bonchev–Trinajstić information content (AvgIpc) is 2.01. The highest BCUT2D eigenvalue weighted by molar-refractivity contribution is 5.76. The summed E-state index contributed by atoms with van der Waals surface area (Å²) in [7, 11) is 0. The summed E-state index contributed by atoms with van der Waals surface area (Å²) in [6, 6.07) is 0. The zero-order valence-corrected chi connectivity index (χ0v) is 8.63. The molecule has 0 aromatic rings. The number of carboxylic acids is 1. The molecule has 0 fully saturated rings. The lowest BCUT2D eigenvalue weighted by atomic mass is 10.1. The van der Waals surface area contributed by atoms with Crippen molar-refractivity contribution in [3.63, 3.8) is 0 Å². The molecule has 0 spiro atoms. The van der Waals surface area contributed by atoms with Gasteiger partial charge in [0.25, 0.3) is 0 Å². The van der Waals surface area contributed by atoms with Crippen molar-refractivity contribution in [3.8, 4) is 0 Å². The summed E-state index contributed by atoms with van der Waals surface area (Å²) in [5, 5.41) is 17.9. The Balaban J connectivity index is 4.09. The monoisotopic (exact) mass is 190 g/mol. The predicted molar refractivity (Wildman–Crippen MR) is 48.6 cm³/mol. The second-order valence-corrected chi connectivity index (χ2v) is 3.98. The van der Waals surface area contributed by atoms with Crippen molar-refractivity contribution in [2.45, 2.75) is 45.3 Å². The van der Waals surface area contributed by atoms with Crippen molar-refractivity contribution in [2.24, 2.45) is 0 Å². The van der Waals surface area contributed by atoms with Crippen molar-refractivity contribution in [3.05, 3.63) is 0 Å². The van der Waals surface area contributed by atoms with E-state index in [9.17, 15) is 9.90 Å². The van der Waals surface area contributed by atoms with Crippen LogP contribution < -0.4 is 0 Å². The number of hydrogen-bond acceptors (Lipinski definition) is 3. The lowest BCUT2D eigenvalue weighted by molar-refractivity contribution is -0.169. The van der Waals surface area contributed by atoms with E-state index < -0.39 is 11.6 Å². The molecule has 78 valence electrons. The molecular weight excluding hydrogens is 172 g/mol. The molecule has 0 heterocycles. The third kappa shape index (κ3) is 4.24. The molecule has 0 aromatic heterocycles. The van der Waals surface area contributed by atoms with Gasteiger partial charge in [-0.25, -0.2) is 4.79 Å². The molecule has 1 atom stereocenters. The molecule has 2 N–H and O–H groups in total. The van der Waals surface area contributed by atoms with Crippen LogP contribution in [-0.2, 0) is 9.53 Å². The number of aliphatic carboxylic acids is 1. The van der Waals surface area contributed by atoms with Crippen molar-refractivity contribution in [1.82, 2.24) is 0 Å². The number of carbonyl (C=O) groups is 1. The summed E-state index contributed by atoms with van der Waals surface area (Å²) in [6.45, 7) is 6.68. The zero-order valence-electron chi connectivity index (χ0n) is 8.63. The van der Waals surface area contributed by atoms with Gasteiger partial charge in [-0.2, -0.15) is 0 Å². The van der Waals surface area contributed by atoms with Gasteiger partial charge in [0.15, 0.2) is 5.60 Å². The molecule has 0 aliphatic rings. The Kier molecular flexibility index (Phi) is 3.88. The van der Waals surface area contributed by atoms with E-state index in [1.165, 1.54) is 6.92 Å². The standard InChI is InChI=1S/C9H18O4/c1-5-8(2,3)13-6-9(4,12)7(10)11/h12H,5-6H2,1-4H3,(H,10,11). The van der Waals surface area contributed by atoms with Gasteiger partial charge in [-0.05, 0) is 27.2 Å². The highest BCUT2D eigenvalue weighted by Crippen LogP contribution is 2.16. The SMILES string of the molecule is CCC(C)(C)OCC(C)(O)C(=O)O. The molecule has 0 radical (unpaired) electrons. The van der Waals surface area contributed by atoms with Gasteiger partial charge in [0.05, 0.1) is 12.2 Å². The molecule has 0 saturated carbocycles. The van der Waals surface area contributed by atoms with Crippen LogP contribution in [-0.4, -0.2) is 34.0 Å². The zero-order chi connectivity index (χ0) is 10.7. The van der Waals surface area contributed by atoms with E-state index in [-0.39, 0.29) is 12.2 Å². The molecule has 0 rings (SSSR count). The van der Waals surface area contributed by atoms with Crippen LogP contribution in [0.5, 0.6) is 0 Å². The number of hydrogen-bond donors (Lipinski definition) is 2. The lowest BCUT2D eigenvalue weighted by Crippen LogP contribution is -2.42. The normalized spacial score (nSPS) is 16.7. The second kappa shape index (κ2) is 4.07. The number of rotatable bonds is 5. The van der Waals surface area contributed by atoms with Crippen LogP contribution in [0.25, 0.3) is 0 Å².